The number of hydrogen-bond donors (Lipinski definition) is 0. The number of aromatic nitrogens is 2. The molecule has 0 N–H and O–H groups in total. The average molecular weight is 379 g/mol. The molecule has 1 aromatic heterocycles. The minimum Gasteiger partial charge on any atom is -0.493 e. The number of halogens is 2. The summed E-state index contributed by atoms with van der Waals surface area (Å²) in [6, 6.07) is 7.93. The number of rotatable bonds is 4. The van der Waals surface area contributed by atoms with Gasteiger partial charge in [0, 0.05) is 10.5 Å². The van der Waals surface area contributed by atoms with E-state index < -0.39 is 5.82 Å². The Balaban J connectivity index is 2.10. The first-order valence-corrected chi connectivity index (χ1v) is 7.41. The predicted molar refractivity (Wildman–Crippen MR) is 86.8 cm³/mol. The molecule has 1 heterocycles. The Morgan fingerprint density at radius 2 is 1.70 bits per heavy atom. The molecular formula is C16H12BrFN2O3. The van der Waals surface area contributed by atoms with Gasteiger partial charge in [0.15, 0.2) is 23.1 Å². The van der Waals surface area contributed by atoms with Crippen molar-refractivity contribution in [3.63, 3.8) is 0 Å². The molecule has 3 rings (SSSR count). The molecule has 2 aromatic carbocycles. The number of nitrogens with zero attached hydrogens (tertiary/aromatic N) is 2. The van der Waals surface area contributed by atoms with Gasteiger partial charge in [-0.15, -0.1) is 0 Å². The Kier molecular flexibility index (Phi) is 4.29. The fraction of sp³-hybridized carbons (Fsp3) is 0.125. The lowest BCUT2D eigenvalue weighted by atomic mass is 10.2. The van der Waals surface area contributed by atoms with Crippen molar-refractivity contribution in [3.05, 3.63) is 46.9 Å². The highest BCUT2D eigenvalue weighted by atomic mass is 79.9. The Bertz CT molecular complexity index is 873. The molecule has 0 radical (unpaired) electrons. The minimum atomic E-state index is -0.494. The highest BCUT2D eigenvalue weighted by Crippen LogP contribution is 2.36. The minimum absolute atomic E-state index is 0.0722. The molecule has 3 aromatic rings. The number of hydrogen-bond acceptors (Lipinski definition) is 5. The fourth-order valence-corrected chi connectivity index (χ4v) is 2.44. The van der Waals surface area contributed by atoms with Gasteiger partial charge in [-0.05, 0) is 24.3 Å². The molecule has 0 saturated heterocycles. The second kappa shape index (κ2) is 6.37. The lowest BCUT2D eigenvalue weighted by Crippen LogP contribution is -1.96. The monoisotopic (exact) mass is 378 g/mol. The van der Waals surface area contributed by atoms with Crippen LogP contribution in [0.5, 0.6) is 23.1 Å². The topological polar surface area (TPSA) is 53.5 Å². The van der Waals surface area contributed by atoms with Crippen molar-refractivity contribution in [1.29, 1.82) is 0 Å². The third kappa shape index (κ3) is 3.05. The summed E-state index contributed by atoms with van der Waals surface area (Å²) in [5.74, 6) is 0.863. The number of fused-ring (bicyclic) bond motifs is 1. The third-order valence-corrected chi connectivity index (χ3v) is 3.70. The van der Waals surface area contributed by atoms with E-state index in [0.717, 1.165) is 0 Å². The van der Waals surface area contributed by atoms with Crippen LogP contribution in [-0.2, 0) is 0 Å². The molecule has 0 aliphatic rings. The number of ether oxygens (including phenoxy) is 3. The lowest BCUT2D eigenvalue weighted by molar-refractivity contribution is 0.355. The average Bonchev–Trinajstić information content (AvgIpc) is 2.56. The Labute approximate surface area is 140 Å². The van der Waals surface area contributed by atoms with Crippen LogP contribution in [0.25, 0.3) is 10.9 Å². The van der Waals surface area contributed by atoms with Gasteiger partial charge in [0.2, 0.25) is 5.88 Å². The second-order valence-corrected chi connectivity index (χ2v) is 5.50. The van der Waals surface area contributed by atoms with E-state index in [1.165, 1.54) is 25.6 Å². The summed E-state index contributed by atoms with van der Waals surface area (Å²) in [6.45, 7) is 0. The van der Waals surface area contributed by atoms with Crippen molar-refractivity contribution in [2.45, 2.75) is 0 Å². The van der Waals surface area contributed by atoms with Crippen LogP contribution in [0.1, 0.15) is 0 Å². The summed E-state index contributed by atoms with van der Waals surface area (Å²) in [4.78, 5) is 8.26. The van der Waals surface area contributed by atoms with E-state index >= 15 is 0 Å². The molecule has 0 spiro atoms. The standard InChI is InChI=1S/C16H12BrFN2O3/c1-21-14-6-10-12(7-15(14)22-2)19-8-20-16(10)23-13-4-3-9(17)5-11(13)18/h3-8H,1-2H3. The third-order valence-electron chi connectivity index (χ3n) is 3.20. The van der Waals surface area contributed by atoms with Gasteiger partial charge in [0.05, 0.1) is 25.1 Å². The molecule has 0 saturated carbocycles. The van der Waals surface area contributed by atoms with Crippen molar-refractivity contribution in [2.24, 2.45) is 0 Å². The normalized spacial score (nSPS) is 10.6. The van der Waals surface area contributed by atoms with E-state index in [1.807, 2.05) is 0 Å². The highest BCUT2D eigenvalue weighted by Gasteiger charge is 2.14. The van der Waals surface area contributed by atoms with Gasteiger partial charge in [-0.1, -0.05) is 15.9 Å². The molecule has 118 valence electrons. The zero-order valence-electron chi connectivity index (χ0n) is 12.3. The Morgan fingerprint density at radius 1 is 0.957 bits per heavy atom. The largest absolute Gasteiger partial charge is 0.493 e. The van der Waals surface area contributed by atoms with Crippen molar-refractivity contribution < 1.29 is 18.6 Å². The number of methoxy groups -OCH3 is 2. The van der Waals surface area contributed by atoms with Gasteiger partial charge in [-0.3, -0.25) is 0 Å². The van der Waals surface area contributed by atoms with Crippen LogP contribution in [0, 0.1) is 5.82 Å². The maximum Gasteiger partial charge on any atom is 0.230 e. The van der Waals surface area contributed by atoms with E-state index in [-0.39, 0.29) is 11.6 Å². The maximum atomic E-state index is 14.0. The molecule has 0 aliphatic carbocycles. The summed E-state index contributed by atoms with van der Waals surface area (Å²) < 4.78 is 30.7. The fourth-order valence-electron chi connectivity index (χ4n) is 2.10. The summed E-state index contributed by atoms with van der Waals surface area (Å²) in [7, 11) is 3.07. The van der Waals surface area contributed by atoms with Gasteiger partial charge < -0.3 is 14.2 Å². The van der Waals surface area contributed by atoms with Crippen LogP contribution < -0.4 is 14.2 Å². The summed E-state index contributed by atoms with van der Waals surface area (Å²) in [5.41, 5.74) is 0.602. The Hall–Kier alpha value is -2.41. The van der Waals surface area contributed by atoms with Gasteiger partial charge in [-0.25, -0.2) is 14.4 Å². The zero-order valence-corrected chi connectivity index (χ0v) is 13.9. The first kappa shape index (κ1) is 15.5. The first-order chi connectivity index (χ1) is 11.1. The summed E-state index contributed by atoms with van der Waals surface area (Å²) in [6.07, 6.45) is 1.35. The van der Waals surface area contributed by atoms with E-state index in [4.69, 9.17) is 14.2 Å². The van der Waals surface area contributed by atoms with Crippen LogP contribution >= 0.6 is 15.9 Å². The molecule has 7 heteroatoms. The SMILES string of the molecule is COc1cc2ncnc(Oc3ccc(Br)cc3F)c2cc1OC. The molecule has 5 nitrogen and oxygen atoms in total. The van der Waals surface area contributed by atoms with Gasteiger partial charge >= 0.3 is 0 Å². The molecule has 0 atom stereocenters. The van der Waals surface area contributed by atoms with E-state index in [1.54, 1.807) is 25.3 Å². The van der Waals surface area contributed by atoms with Crippen LogP contribution in [0.15, 0.2) is 41.1 Å². The van der Waals surface area contributed by atoms with Crippen molar-refractivity contribution in [1.82, 2.24) is 9.97 Å². The first-order valence-electron chi connectivity index (χ1n) is 6.62. The zero-order chi connectivity index (χ0) is 16.4. The molecule has 23 heavy (non-hydrogen) atoms. The second-order valence-electron chi connectivity index (χ2n) is 4.58. The molecule has 0 bridgehead atoms. The quantitative estimate of drug-likeness (QED) is 0.675. The van der Waals surface area contributed by atoms with Crippen molar-refractivity contribution in [2.75, 3.05) is 14.2 Å². The van der Waals surface area contributed by atoms with E-state index in [9.17, 15) is 4.39 Å². The summed E-state index contributed by atoms with van der Waals surface area (Å²) in [5, 5.41) is 0.590. The Morgan fingerprint density at radius 3 is 2.39 bits per heavy atom. The molecule has 0 amide bonds. The number of benzene rings is 2. The van der Waals surface area contributed by atoms with Crippen LogP contribution in [0.2, 0.25) is 0 Å². The lowest BCUT2D eigenvalue weighted by Gasteiger charge is -2.11. The molecule has 0 aliphatic heterocycles. The van der Waals surface area contributed by atoms with Crippen molar-refractivity contribution >= 4 is 26.8 Å². The smallest absolute Gasteiger partial charge is 0.230 e. The van der Waals surface area contributed by atoms with Gasteiger partial charge in [-0.2, -0.15) is 0 Å². The van der Waals surface area contributed by atoms with E-state index in [0.29, 0.717) is 26.9 Å². The molecule has 0 unspecified atom stereocenters. The maximum absolute atomic E-state index is 14.0. The predicted octanol–water partition coefficient (Wildman–Crippen LogP) is 4.34. The highest BCUT2D eigenvalue weighted by molar-refractivity contribution is 9.10. The van der Waals surface area contributed by atoms with Gasteiger partial charge in [0.1, 0.15) is 6.33 Å². The van der Waals surface area contributed by atoms with Gasteiger partial charge in [0.25, 0.3) is 0 Å². The van der Waals surface area contributed by atoms with Crippen LogP contribution in [0.4, 0.5) is 4.39 Å². The van der Waals surface area contributed by atoms with Crippen LogP contribution in [0.3, 0.4) is 0 Å². The van der Waals surface area contributed by atoms with Crippen molar-refractivity contribution in [3.8, 4) is 23.1 Å². The summed E-state index contributed by atoms with van der Waals surface area (Å²) >= 11 is 3.20. The van der Waals surface area contributed by atoms with Crippen LogP contribution in [-0.4, -0.2) is 24.2 Å². The molecule has 0 fully saturated rings. The van der Waals surface area contributed by atoms with E-state index in [2.05, 4.69) is 25.9 Å². The molecular weight excluding hydrogens is 367 g/mol.